The highest BCUT2D eigenvalue weighted by molar-refractivity contribution is 6.00. The number of unbranched alkanes of at least 4 members (excludes halogenated alkanes) is 1. The Hall–Kier alpha value is -1.64. The van der Waals surface area contributed by atoms with Crippen LogP contribution in [0.1, 0.15) is 101 Å². The molecule has 1 atom stereocenters. The lowest BCUT2D eigenvalue weighted by Crippen LogP contribution is -2.73. The highest BCUT2D eigenvalue weighted by atomic mass is 35.5. The van der Waals surface area contributed by atoms with Gasteiger partial charge in [-0.1, -0.05) is 39.5 Å². The van der Waals surface area contributed by atoms with Crippen LogP contribution >= 0.6 is 12.4 Å². The van der Waals surface area contributed by atoms with E-state index in [2.05, 4.69) is 42.6 Å². The van der Waals surface area contributed by atoms with Gasteiger partial charge in [0.15, 0.2) is 0 Å². The van der Waals surface area contributed by atoms with Crippen molar-refractivity contribution in [2.45, 2.75) is 129 Å². The monoisotopic (exact) mass is 537 g/mol. The van der Waals surface area contributed by atoms with Crippen molar-refractivity contribution in [2.24, 2.45) is 0 Å². The van der Waals surface area contributed by atoms with Gasteiger partial charge in [0.05, 0.1) is 11.3 Å². The Balaban J connectivity index is 0.00000380. The largest absolute Gasteiger partial charge is 0.390 e. The van der Waals surface area contributed by atoms with E-state index in [1.807, 2.05) is 4.90 Å². The van der Waals surface area contributed by atoms with Crippen LogP contribution in [0.2, 0.25) is 0 Å². The van der Waals surface area contributed by atoms with E-state index in [1.54, 1.807) is 0 Å². The van der Waals surface area contributed by atoms with Crippen LogP contribution in [0.5, 0.6) is 0 Å². The molecule has 1 saturated carbocycles. The summed E-state index contributed by atoms with van der Waals surface area (Å²) in [6, 6.07) is -0.615. The Labute approximate surface area is 228 Å². The molecule has 0 bridgehead atoms. The first-order chi connectivity index (χ1) is 17.2. The predicted octanol–water partition coefficient (Wildman–Crippen LogP) is 3.88. The number of halogens is 1. The molecule has 0 radical (unpaired) electrons. The SMILES string of the molecule is CCCCN1C(=O)[C@@H](CC2(O)CCCCC2)NC(=O)C12CCN(Cc1c(C)nn(CCC)c1C)CC2.Cl. The summed E-state index contributed by atoms with van der Waals surface area (Å²) in [5.41, 5.74) is 1.99. The molecule has 0 aromatic carbocycles. The average Bonchev–Trinajstić information content (AvgIpc) is 3.11. The highest BCUT2D eigenvalue weighted by Gasteiger charge is 2.54. The second-order valence-corrected chi connectivity index (χ2v) is 11.5. The summed E-state index contributed by atoms with van der Waals surface area (Å²) < 4.78 is 2.11. The van der Waals surface area contributed by atoms with Crippen LogP contribution in [-0.2, 0) is 22.7 Å². The molecule has 2 aliphatic heterocycles. The summed E-state index contributed by atoms with van der Waals surface area (Å²) in [6.07, 6.45) is 9.09. The van der Waals surface area contributed by atoms with E-state index in [1.165, 1.54) is 11.3 Å². The van der Waals surface area contributed by atoms with Gasteiger partial charge in [0.25, 0.3) is 0 Å². The topological polar surface area (TPSA) is 90.7 Å². The Morgan fingerprint density at radius 1 is 1.00 bits per heavy atom. The quantitative estimate of drug-likeness (QED) is 0.499. The van der Waals surface area contributed by atoms with E-state index >= 15 is 0 Å². The van der Waals surface area contributed by atoms with E-state index in [0.717, 1.165) is 83.2 Å². The van der Waals surface area contributed by atoms with Crippen LogP contribution in [0.15, 0.2) is 0 Å². The number of piperidine rings is 1. The van der Waals surface area contributed by atoms with Gasteiger partial charge in [0.1, 0.15) is 11.6 Å². The van der Waals surface area contributed by atoms with Crippen molar-refractivity contribution in [2.75, 3.05) is 19.6 Å². The summed E-state index contributed by atoms with van der Waals surface area (Å²) >= 11 is 0. The zero-order valence-electron chi connectivity index (χ0n) is 23.4. The van der Waals surface area contributed by atoms with Gasteiger partial charge in [0, 0.05) is 50.4 Å². The van der Waals surface area contributed by atoms with E-state index in [-0.39, 0.29) is 24.2 Å². The van der Waals surface area contributed by atoms with Crippen LogP contribution in [-0.4, -0.2) is 73.3 Å². The molecule has 8 nitrogen and oxygen atoms in total. The molecule has 1 spiro atoms. The van der Waals surface area contributed by atoms with Crippen molar-refractivity contribution in [1.29, 1.82) is 0 Å². The summed E-state index contributed by atoms with van der Waals surface area (Å²) in [5.74, 6) is -0.0200. The summed E-state index contributed by atoms with van der Waals surface area (Å²) in [7, 11) is 0. The molecule has 210 valence electrons. The number of carbonyl (C=O) groups is 2. The number of hydrogen-bond donors (Lipinski definition) is 2. The minimum Gasteiger partial charge on any atom is -0.390 e. The molecule has 3 heterocycles. The summed E-state index contributed by atoms with van der Waals surface area (Å²) in [6.45, 7) is 12.4. The lowest BCUT2D eigenvalue weighted by Gasteiger charge is -2.52. The maximum Gasteiger partial charge on any atom is 0.246 e. The third-order valence-electron chi connectivity index (χ3n) is 8.94. The number of nitrogens with one attached hydrogen (secondary N) is 1. The average molecular weight is 538 g/mol. The smallest absolute Gasteiger partial charge is 0.246 e. The molecule has 2 N–H and O–H groups in total. The molecule has 1 aromatic rings. The zero-order chi connectivity index (χ0) is 25.9. The number of rotatable bonds is 9. The standard InChI is InChI=1S/C28H47N5O3.ClH/c1-5-7-16-32-25(34)24(19-27(36)11-9-8-10-12-27)29-26(35)28(32)13-17-31(18-14-28)20-23-21(3)30-33(15-6-2)22(23)4;/h24,36H,5-20H2,1-4H3,(H,29,35);1H/t24-;/m1./s1. The molecule has 0 unspecified atom stereocenters. The number of aryl methyl sites for hydroxylation is 2. The fourth-order valence-corrected chi connectivity index (χ4v) is 6.64. The number of aromatic nitrogens is 2. The second-order valence-electron chi connectivity index (χ2n) is 11.5. The van der Waals surface area contributed by atoms with E-state index in [0.29, 0.717) is 25.8 Å². The molecule has 4 rings (SSSR count). The molecule has 3 aliphatic rings. The number of hydrogen-bond acceptors (Lipinski definition) is 5. The maximum atomic E-state index is 13.8. The first kappa shape index (κ1) is 29.9. The van der Waals surface area contributed by atoms with Gasteiger partial charge in [-0.25, -0.2) is 0 Å². The Kier molecular flexibility index (Phi) is 10.1. The lowest BCUT2D eigenvalue weighted by molar-refractivity contribution is -0.163. The number of likely N-dealkylation sites (tertiary alicyclic amines) is 1. The van der Waals surface area contributed by atoms with Gasteiger partial charge in [-0.3, -0.25) is 19.2 Å². The fourth-order valence-electron chi connectivity index (χ4n) is 6.64. The van der Waals surface area contributed by atoms with Crippen molar-refractivity contribution < 1.29 is 14.7 Å². The second kappa shape index (κ2) is 12.5. The molecule has 37 heavy (non-hydrogen) atoms. The first-order valence-electron chi connectivity index (χ1n) is 14.3. The number of aliphatic hydroxyl groups is 1. The maximum absolute atomic E-state index is 13.8. The highest BCUT2D eigenvalue weighted by Crippen LogP contribution is 2.37. The Morgan fingerprint density at radius 2 is 1.68 bits per heavy atom. The predicted molar refractivity (Wildman–Crippen MR) is 148 cm³/mol. The van der Waals surface area contributed by atoms with Crippen molar-refractivity contribution in [3.8, 4) is 0 Å². The third kappa shape index (κ3) is 6.17. The van der Waals surface area contributed by atoms with Crippen molar-refractivity contribution in [3.05, 3.63) is 17.0 Å². The minimum atomic E-state index is -0.839. The van der Waals surface area contributed by atoms with Crippen LogP contribution in [0.4, 0.5) is 0 Å². The molecule has 1 aliphatic carbocycles. The van der Waals surface area contributed by atoms with E-state index < -0.39 is 17.2 Å². The van der Waals surface area contributed by atoms with Gasteiger partial charge in [-0.15, -0.1) is 12.4 Å². The van der Waals surface area contributed by atoms with Crippen molar-refractivity contribution >= 4 is 24.2 Å². The van der Waals surface area contributed by atoms with Gasteiger partial charge >= 0.3 is 0 Å². The Bertz CT molecular complexity index is 934. The van der Waals surface area contributed by atoms with E-state index in [4.69, 9.17) is 5.10 Å². The molecule has 1 aromatic heterocycles. The number of amides is 2. The molecular weight excluding hydrogens is 490 g/mol. The normalized spacial score (nSPS) is 23.7. The molecule has 3 fully saturated rings. The number of carbonyl (C=O) groups excluding carboxylic acids is 2. The fraction of sp³-hybridized carbons (Fsp3) is 0.821. The van der Waals surface area contributed by atoms with Gasteiger partial charge in [0.2, 0.25) is 11.8 Å². The van der Waals surface area contributed by atoms with Crippen LogP contribution in [0, 0.1) is 13.8 Å². The molecule has 2 saturated heterocycles. The van der Waals surface area contributed by atoms with Crippen LogP contribution in [0.3, 0.4) is 0 Å². The summed E-state index contributed by atoms with van der Waals surface area (Å²) in [4.78, 5) is 31.8. The zero-order valence-corrected chi connectivity index (χ0v) is 24.2. The summed E-state index contributed by atoms with van der Waals surface area (Å²) in [5, 5.41) is 18.9. The molecule has 2 amide bonds. The van der Waals surface area contributed by atoms with Crippen LogP contribution in [0.25, 0.3) is 0 Å². The first-order valence-corrected chi connectivity index (χ1v) is 14.3. The van der Waals surface area contributed by atoms with Crippen molar-refractivity contribution in [1.82, 2.24) is 24.9 Å². The third-order valence-corrected chi connectivity index (χ3v) is 8.94. The lowest BCUT2D eigenvalue weighted by atomic mass is 9.77. The molecule has 9 heteroatoms. The number of nitrogens with zero attached hydrogens (tertiary/aromatic N) is 4. The van der Waals surface area contributed by atoms with Gasteiger partial charge < -0.3 is 15.3 Å². The van der Waals surface area contributed by atoms with Gasteiger partial charge in [-0.2, -0.15) is 5.10 Å². The molecular formula is C28H48ClN5O3. The minimum absolute atomic E-state index is 0. The van der Waals surface area contributed by atoms with Gasteiger partial charge in [-0.05, 0) is 52.4 Å². The van der Waals surface area contributed by atoms with Crippen LogP contribution < -0.4 is 5.32 Å². The van der Waals surface area contributed by atoms with E-state index in [9.17, 15) is 14.7 Å². The number of piperazine rings is 1. The van der Waals surface area contributed by atoms with Crippen molar-refractivity contribution in [3.63, 3.8) is 0 Å². The Morgan fingerprint density at radius 3 is 2.30 bits per heavy atom.